The Morgan fingerprint density at radius 1 is 1.86 bits per heavy atom. The number of hydrogen-bond acceptors (Lipinski definition) is 2. The van der Waals surface area contributed by atoms with Crippen molar-refractivity contribution in [3.63, 3.8) is 0 Å². The van der Waals surface area contributed by atoms with E-state index in [0.29, 0.717) is 4.74 Å². The average molecular weight is 98.1 g/mol. The molecule has 7 heavy (non-hydrogen) atoms. The highest BCUT2D eigenvalue weighted by atomic mass is 16.5. The third-order valence-electron chi connectivity index (χ3n) is 0.536. The Bertz CT molecular complexity index is 158. The minimum Gasteiger partial charge on any atom is -0.711 e. The fourth-order valence-electron chi connectivity index (χ4n) is 0.289. The standard InChI is InChI=1S/C3H2N2O2/c6-3-1-5(7)2-4-3/h1-2H. The van der Waals surface area contributed by atoms with E-state index in [1.807, 2.05) is 0 Å². The molecule has 0 radical (unpaired) electrons. The maximum Gasteiger partial charge on any atom is 0.414 e. The molecule has 0 fully saturated rings. The van der Waals surface area contributed by atoms with Gasteiger partial charge in [0.25, 0.3) is 6.34 Å². The first-order valence-corrected chi connectivity index (χ1v) is 1.67. The molecular weight excluding hydrogens is 96.0 g/mol. The number of carbonyl (C=O) groups excluding carboxylic acids is 1. The van der Waals surface area contributed by atoms with E-state index in [4.69, 9.17) is 0 Å². The van der Waals surface area contributed by atoms with Crippen molar-refractivity contribution in [1.82, 2.24) is 0 Å². The lowest BCUT2D eigenvalue weighted by molar-refractivity contribution is -0.303. The van der Waals surface area contributed by atoms with Gasteiger partial charge in [0.15, 0.2) is 6.21 Å². The van der Waals surface area contributed by atoms with Crippen LogP contribution in [0, 0.1) is 5.21 Å². The number of hydroxylamine groups is 1. The summed E-state index contributed by atoms with van der Waals surface area (Å²) < 4.78 is 0.363. The smallest absolute Gasteiger partial charge is 0.414 e. The first kappa shape index (κ1) is 3.98. The van der Waals surface area contributed by atoms with Crippen LogP contribution in [0.2, 0.25) is 0 Å². The van der Waals surface area contributed by atoms with E-state index in [0.717, 1.165) is 12.6 Å². The molecule has 0 N–H and O–H groups in total. The summed E-state index contributed by atoms with van der Waals surface area (Å²) in [7, 11) is 0. The predicted molar refractivity (Wildman–Crippen MR) is 23.2 cm³/mol. The molecule has 1 rings (SSSR count). The van der Waals surface area contributed by atoms with Gasteiger partial charge in [-0.3, -0.25) is 0 Å². The molecule has 0 aliphatic carbocycles. The summed E-state index contributed by atoms with van der Waals surface area (Å²) in [5, 5.41) is 9.94. The number of carbonyl (C=O) groups is 1. The topological polar surface area (TPSA) is 55.5 Å². The zero-order valence-corrected chi connectivity index (χ0v) is 3.37. The fraction of sp³-hybridized carbons (Fsp3) is 0. The first-order valence-electron chi connectivity index (χ1n) is 1.67. The Morgan fingerprint density at radius 2 is 2.57 bits per heavy atom. The molecule has 4 nitrogen and oxygen atoms in total. The molecule has 36 valence electrons. The van der Waals surface area contributed by atoms with Crippen molar-refractivity contribution in [3.8, 4) is 0 Å². The molecule has 0 aromatic heterocycles. The summed E-state index contributed by atoms with van der Waals surface area (Å²) in [4.78, 5) is 13.1. The highest BCUT2D eigenvalue weighted by molar-refractivity contribution is 6.28. The Balaban J connectivity index is 2.88. The van der Waals surface area contributed by atoms with Gasteiger partial charge in [-0.25, -0.2) is 9.53 Å². The van der Waals surface area contributed by atoms with Crippen LogP contribution in [0.1, 0.15) is 0 Å². The van der Waals surface area contributed by atoms with Crippen molar-refractivity contribution < 1.29 is 9.53 Å². The van der Waals surface area contributed by atoms with Crippen LogP contribution in [0.15, 0.2) is 4.99 Å². The van der Waals surface area contributed by atoms with Gasteiger partial charge in [-0.2, -0.15) is 0 Å². The number of amides is 1. The van der Waals surface area contributed by atoms with Crippen molar-refractivity contribution in [2.24, 2.45) is 4.99 Å². The summed E-state index contributed by atoms with van der Waals surface area (Å²) >= 11 is 0. The van der Waals surface area contributed by atoms with E-state index in [9.17, 15) is 10.0 Å². The van der Waals surface area contributed by atoms with Crippen molar-refractivity contribution >= 4 is 18.5 Å². The second-order valence-corrected chi connectivity index (χ2v) is 1.07. The van der Waals surface area contributed by atoms with Gasteiger partial charge < -0.3 is 5.21 Å². The molecule has 0 atom stereocenters. The van der Waals surface area contributed by atoms with Crippen LogP contribution in [0.5, 0.6) is 0 Å². The van der Waals surface area contributed by atoms with Crippen LogP contribution in [0.3, 0.4) is 0 Å². The largest absolute Gasteiger partial charge is 0.711 e. The monoisotopic (exact) mass is 98.0 g/mol. The number of hydrogen-bond donors (Lipinski definition) is 0. The van der Waals surface area contributed by atoms with E-state index in [1.165, 1.54) is 0 Å². The number of rotatable bonds is 0. The molecule has 0 saturated heterocycles. The second-order valence-electron chi connectivity index (χ2n) is 1.07. The van der Waals surface area contributed by atoms with E-state index in [1.54, 1.807) is 0 Å². The van der Waals surface area contributed by atoms with Gasteiger partial charge in [-0.05, 0) is 4.99 Å². The van der Waals surface area contributed by atoms with Crippen molar-refractivity contribution in [3.05, 3.63) is 5.21 Å². The molecule has 1 amide bonds. The average Bonchev–Trinajstić information content (AvgIpc) is 1.87. The Hall–Kier alpha value is -1.19. The summed E-state index contributed by atoms with van der Waals surface area (Å²) in [5.74, 6) is -0.491. The maximum atomic E-state index is 9.96. The lowest BCUT2D eigenvalue weighted by atomic mass is 10.7. The number of nitrogens with zero attached hydrogens (tertiary/aromatic N) is 2. The van der Waals surface area contributed by atoms with Gasteiger partial charge >= 0.3 is 5.91 Å². The second kappa shape index (κ2) is 1.14. The fourth-order valence-corrected chi connectivity index (χ4v) is 0.289. The van der Waals surface area contributed by atoms with Crippen molar-refractivity contribution in [2.45, 2.75) is 0 Å². The SMILES string of the molecule is O=C1C=[N+]([O-])C=N1. The molecule has 0 aromatic rings. The summed E-state index contributed by atoms with van der Waals surface area (Å²) in [6.07, 6.45) is 1.78. The van der Waals surface area contributed by atoms with Crippen LogP contribution in [-0.4, -0.2) is 23.2 Å². The maximum absolute atomic E-state index is 9.96. The molecular formula is C3H2N2O2. The van der Waals surface area contributed by atoms with Gasteiger partial charge in [0, 0.05) is 0 Å². The van der Waals surface area contributed by atoms with Gasteiger partial charge in [0.1, 0.15) is 0 Å². The molecule has 1 aliphatic rings. The Kier molecular flexibility index (Phi) is 0.651. The minimum absolute atomic E-state index is 0.363. The zero-order valence-electron chi connectivity index (χ0n) is 3.37. The molecule has 1 aliphatic heterocycles. The van der Waals surface area contributed by atoms with Crippen LogP contribution in [-0.2, 0) is 4.79 Å². The van der Waals surface area contributed by atoms with Gasteiger partial charge in [-0.1, -0.05) is 0 Å². The molecule has 0 spiro atoms. The molecule has 0 unspecified atom stereocenters. The molecule has 4 heteroatoms. The Labute approximate surface area is 39.4 Å². The van der Waals surface area contributed by atoms with Gasteiger partial charge in [0.05, 0.1) is 0 Å². The van der Waals surface area contributed by atoms with Crippen LogP contribution in [0.25, 0.3) is 0 Å². The lowest BCUT2D eigenvalue weighted by Gasteiger charge is -1.88. The van der Waals surface area contributed by atoms with Crippen molar-refractivity contribution in [2.75, 3.05) is 0 Å². The summed E-state index contributed by atoms with van der Waals surface area (Å²) in [6, 6.07) is 0. The van der Waals surface area contributed by atoms with E-state index in [-0.39, 0.29) is 0 Å². The van der Waals surface area contributed by atoms with E-state index < -0.39 is 5.91 Å². The molecule has 1 heterocycles. The van der Waals surface area contributed by atoms with Crippen molar-refractivity contribution in [1.29, 1.82) is 0 Å². The highest BCUT2D eigenvalue weighted by Crippen LogP contribution is 1.76. The first-order chi connectivity index (χ1) is 3.29. The third kappa shape index (κ3) is 0.623. The summed E-state index contributed by atoms with van der Waals surface area (Å²) in [5.41, 5.74) is 0. The van der Waals surface area contributed by atoms with Crippen LogP contribution in [0.4, 0.5) is 0 Å². The summed E-state index contributed by atoms with van der Waals surface area (Å²) in [6.45, 7) is 0. The number of aliphatic imine (C=N–C) groups is 1. The molecule has 0 bridgehead atoms. The van der Waals surface area contributed by atoms with Gasteiger partial charge in [0.2, 0.25) is 0 Å². The molecule has 0 aromatic carbocycles. The normalized spacial score (nSPS) is 17.7. The third-order valence-corrected chi connectivity index (χ3v) is 0.536. The predicted octanol–water partition coefficient (Wildman–Crippen LogP) is -0.864. The van der Waals surface area contributed by atoms with Gasteiger partial charge in [-0.15, -0.1) is 0 Å². The minimum atomic E-state index is -0.491. The molecule has 0 saturated carbocycles. The highest BCUT2D eigenvalue weighted by Gasteiger charge is 2.07. The zero-order chi connectivity index (χ0) is 5.28. The van der Waals surface area contributed by atoms with Crippen LogP contribution < -0.4 is 0 Å². The Morgan fingerprint density at radius 3 is 2.71 bits per heavy atom. The van der Waals surface area contributed by atoms with E-state index in [2.05, 4.69) is 4.99 Å². The lowest BCUT2D eigenvalue weighted by Crippen LogP contribution is -1.96. The van der Waals surface area contributed by atoms with E-state index >= 15 is 0 Å². The van der Waals surface area contributed by atoms with Crippen LogP contribution >= 0.6 is 0 Å². The quantitative estimate of drug-likeness (QED) is 0.292.